The van der Waals surface area contributed by atoms with Gasteiger partial charge in [0.25, 0.3) is 6.43 Å². The van der Waals surface area contributed by atoms with Crippen molar-refractivity contribution in [3.63, 3.8) is 0 Å². The van der Waals surface area contributed by atoms with Gasteiger partial charge >= 0.3 is 5.97 Å². The van der Waals surface area contributed by atoms with Crippen LogP contribution in [0.5, 0.6) is 5.88 Å². The van der Waals surface area contributed by atoms with Gasteiger partial charge < -0.3 is 9.84 Å². The number of aryl methyl sites for hydroxylation is 2. The predicted molar refractivity (Wildman–Crippen MR) is 142 cm³/mol. The number of halogens is 2. The number of carboxylic acids is 1. The molecule has 6 rings (SSSR count). The summed E-state index contributed by atoms with van der Waals surface area (Å²) in [7, 11) is -3.93. The lowest BCUT2D eigenvalue weighted by atomic mass is 9.85. The highest BCUT2D eigenvalue weighted by molar-refractivity contribution is 7.89. The fourth-order valence-electron chi connectivity index (χ4n) is 5.46. The van der Waals surface area contributed by atoms with Gasteiger partial charge in [-0.05, 0) is 72.7 Å². The molecule has 10 nitrogen and oxygen atoms in total. The molecule has 13 heteroatoms. The standard InChI is InChI=1S/C28H27F2N5O5S/c1-16-5-6-18(21(13-23(36)37)20-7-11-35-25(17(20)2)32-33-26(35)24(29)30)12-19(16)14-34-15-28(8-9-28)40-27-22(41(34,38)39)4-3-10-31-27/h3-7,10-12,21,24H,8-9,13-15H2,1-2H3,(H,36,37)/t21-/m1/s1. The number of sulfonamides is 1. The van der Waals surface area contributed by atoms with E-state index >= 15 is 0 Å². The summed E-state index contributed by atoms with van der Waals surface area (Å²) in [6.45, 7) is 3.79. The highest BCUT2D eigenvalue weighted by atomic mass is 32.2. The van der Waals surface area contributed by atoms with Crippen molar-refractivity contribution in [2.24, 2.45) is 0 Å². The van der Waals surface area contributed by atoms with Crippen LogP contribution >= 0.6 is 0 Å². The molecule has 1 saturated carbocycles. The average Bonchev–Trinajstić information content (AvgIpc) is 3.54. The number of pyridine rings is 2. The lowest BCUT2D eigenvalue weighted by Crippen LogP contribution is -2.38. The van der Waals surface area contributed by atoms with Crippen LogP contribution in [-0.2, 0) is 21.4 Å². The first-order valence-electron chi connectivity index (χ1n) is 13.1. The van der Waals surface area contributed by atoms with Crippen LogP contribution in [-0.4, -0.2) is 55.5 Å². The Labute approximate surface area is 234 Å². The van der Waals surface area contributed by atoms with Gasteiger partial charge in [0, 0.05) is 24.9 Å². The van der Waals surface area contributed by atoms with Gasteiger partial charge in [0.1, 0.15) is 10.5 Å². The monoisotopic (exact) mass is 583 g/mol. The third-order valence-electron chi connectivity index (χ3n) is 7.90. The number of fused-ring (bicyclic) bond motifs is 2. The molecule has 2 aliphatic rings. The molecule has 0 saturated heterocycles. The van der Waals surface area contributed by atoms with Gasteiger partial charge in [-0.1, -0.05) is 18.2 Å². The molecule has 0 radical (unpaired) electrons. The van der Waals surface area contributed by atoms with Crippen LogP contribution in [0.25, 0.3) is 5.65 Å². The molecule has 1 aromatic carbocycles. The number of alkyl halides is 2. The maximum atomic E-state index is 13.7. The molecule has 41 heavy (non-hydrogen) atoms. The lowest BCUT2D eigenvalue weighted by molar-refractivity contribution is -0.137. The Kier molecular flexibility index (Phi) is 6.53. The van der Waals surface area contributed by atoms with E-state index < -0.39 is 39.8 Å². The molecule has 0 amide bonds. The number of rotatable bonds is 7. The number of carbonyl (C=O) groups is 1. The molecule has 214 valence electrons. The summed E-state index contributed by atoms with van der Waals surface area (Å²) in [5.41, 5.74) is 2.95. The smallest absolute Gasteiger partial charge is 0.304 e. The summed E-state index contributed by atoms with van der Waals surface area (Å²) in [6.07, 6.45) is 1.27. The van der Waals surface area contributed by atoms with Crippen molar-refractivity contribution in [3.8, 4) is 5.88 Å². The van der Waals surface area contributed by atoms with Crippen LogP contribution in [0.4, 0.5) is 8.78 Å². The molecule has 3 aromatic heterocycles. The second-order valence-electron chi connectivity index (χ2n) is 10.6. The van der Waals surface area contributed by atoms with Crippen molar-refractivity contribution in [1.29, 1.82) is 0 Å². The van der Waals surface area contributed by atoms with E-state index in [1.807, 2.05) is 25.1 Å². The summed E-state index contributed by atoms with van der Waals surface area (Å²) >= 11 is 0. The Bertz CT molecular complexity index is 1790. The van der Waals surface area contributed by atoms with Crippen molar-refractivity contribution in [2.45, 2.75) is 62.5 Å². The van der Waals surface area contributed by atoms with Crippen LogP contribution in [0.15, 0.2) is 53.7 Å². The number of ether oxygens (including phenoxy) is 1. The van der Waals surface area contributed by atoms with E-state index in [0.717, 1.165) is 5.56 Å². The third kappa shape index (κ3) is 4.82. The van der Waals surface area contributed by atoms with E-state index in [1.165, 1.54) is 27.2 Å². The maximum absolute atomic E-state index is 13.7. The second kappa shape index (κ2) is 9.84. The molecule has 1 fully saturated rings. The minimum absolute atomic E-state index is 0.0155. The van der Waals surface area contributed by atoms with E-state index in [1.54, 1.807) is 19.1 Å². The number of aromatic nitrogens is 4. The quantitative estimate of drug-likeness (QED) is 0.339. The second-order valence-corrected chi connectivity index (χ2v) is 12.6. The van der Waals surface area contributed by atoms with E-state index in [9.17, 15) is 27.1 Å². The van der Waals surface area contributed by atoms with Gasteiger partial charge in [0.2, 0.25) is 21.7 Å². The topological polar surface area (TPSA) is 127 Å². The van der Waals surface area contributed by atoms with Crippen LogP contribution in [0, 0.1) is 13.8 Å². The molecular weight excluding hydrogens is 556 g/mol. The van der Waals surface area contributed by atoms with Gasteiger partial charge in [-0.3, -0.25) is 9.20 Å². The Morgan fingerprint density at radius 1 is 1.17 bits per heavy atom. The van der Waals surface area contributed by atoms with Crippen LogP contribution in [0.2, 0.25) is 0 Å². The number of carboxylic acid groups (broad SMARTS) is 1. The molecule has 1 aliphatic carbocycles. The number of benzene rings is 1. The van der Waals surface area contributed by atoms with E-state index in [0.29, 0.717) is 35.1 Å². The van der Waals surface area contributed by atoms with Gasteiger partial charge in [-0.25, -0.2) is 22.2 Å². The molecule has 0 bridgehead atoms. The fraction of sp³-hybridized carbons (Fsp3) is 0.357. The van der Waals surface area contributed by atoms with Gasteiger partial charge in [-0.15, -0.1) is 10.2 Å². The summed E-state index contributed by atoms with van der Waals surface area (Å²) in [4.78, 5) is 16.2. The molecule has 0 unspecified atom stereocenters. The van der Waals surface area contributed by atoms with Crippen LogP contribution in [0.3, 0.4) is 0 Å². The number of hydrogen-bond donors (Lipinski definition) is 1. The van der Waals surface area contributed by atoms with Crippen LogP contribution < -0.4 is 4.74 Å². The zero-order valence-corrected chi connectivity index (χ0v) is 23.1. The highest BCUT2D eigenvalue weighted by Crippen LogP contribution is 2.46. The summed E-state index contributed by atoms with van der Waals surface area (Å²) in [5, 5.41) is 17.3. The number of nitrogens with zero attached hydrogens (tertiary/aromatic N) is 5. The van der Waals surface area contributed by atoms with Crippen molar-refractivity contribution in [2.75, 3.05) is 6.54 Å². The Morgan fingerprint density at radius 3 is 2.66 bits per heavy atom. The molecule has 1 spiro atoms. The molecular formula is C28H27F2N5O5S. The number of hydrogen-bond acceptors (Lipinski definition) is 7. The van der Waals surface area contributed by atoms with Crippen LogP contribution in [0.1, 0.15) is 65.2 Å². The minimum Gasteiger partial charge on any atom is -0.481 e. The zero-order chi connectivity index (χ0) is 29.1. The summed E-state index contributed by atoms with van der Waals surface area (Å²) in [5.74, 6) is -2.07. The largest absolute Gasteiger partial charge is 0.481 e. The molecule has 4 aromatic rings. The first-order valence-corrected chi connectivity index (χ1v) is 14.5. The van der Waals surface area contributed by atoms with Gasteiger partial charge in [0.05, 0.1) is 13.0 Å². The predicted octanol–water partition coefficient (Wildman–Crippen LogP) is 4.40. The molecule has 1 aliphatic heterocycles. The SMILES string of the molecule is Cc1ccc([C@@H](CC(=O)O)c2ccn3c(C(F)F)nnc3c2C)cc1CN1CC2(CC2)Oc2ncccc2S1(=O)=O. The van der Waals surface area contributed by atoms with Crippen molar-refractivity contribution in [3.05, 3.63) is 82.4 Å². The lowest BCUT2D eigenvalue weighted by Gasteiger charge is -2.25. The number of aliphatic carboxylic acids is 1. The van der Waals surface area contributed by atoms with Gasteiger partial charge in [0.15, 0.2) is 5.65 Å². The first kappa shape index (κ1) is 27.2. The Balaban J connectivity index is 1.40. The van der Waals surface area contributed by atoms with Gasteiger partial charge in [-0.2, -0.15) is 4.31 Å². The molecule has 1 atom stereocenters. The normalized spacial score (nSPS) is 18.2. The van der Waals surface area contributed by atoms with E-state index in [4.69, 9.17) is 4.74 Å². The van der Waals surface area contributed by atoms with Crippen molar-refractivity contribution >= 4 is 21.6 Å². The molecule has 1 N–H and O–H groups in total. The fourth-order valence-corrected chi connectivity index (χ4v) is 7.02. The summed E-state index contributed by atoms with van der Waals surface area (Å²) < 4.78 is 62.9. The Hall–Kier alpha value is -3.97. The highest BCUT2D eigenvalue weighted by Gasteiger charge is 2.52. The third-order valence-corrected chi connectivity index (χ3v) is 9.71. The Morgan fingerprint density at radius 2 is 1.95 bits per heavy atom. The molecule has 4 heterocycles. The van der Waals surface area contributed by atoms with Crippen molar-refractivity contribution < 1.29 is 31.8 Å². The minimum atomic E-state index is -3.93. The zero-order valence-electron chi connectivity index (χ0n) is 22.3. The first-order chi connectivity index (χ1) is 19.5. The van der Waals surface area contributed by atoms with E-state index in [-0.39, 0.29) is 35.9 Å². The maximum Gasteiger partial charge on any atom is 0.304 e. The van der Waals surface area contributed by atoms with E-state index in [2.05, 4.69) is 15.2 Å². The average molecular weight is 584 g/mol. The van der Waals surface area contributed by atoms with Crippen molar-refractivity contribution in [1.82, 2.24) is 23.9 Å². The summed E-state index contributed by atoms with van der Waals surface area (Å²) in [6, 6.07) is 10.1.